The molecule has 1 aliphatic heterocycles. The highest BCUT2D eigenvalue weighted by atomic mass is 35.5. The molecule has 0 spiro atoms. The first-order chi connectivity index (χ1) is 18.4. The van der Waals surface area contributed by atoms with Crippen LogP contribution in [0.5, 0.6) is 11.5 Å². The number of para-hydroxylation sites is 1. The standard InChI is InChI=1S/C30H32ClNO6S/c1-18-14-20(15-19(2)27(18)38-30(3,4)28(34)35)10-11-21-16-32(29(36)37-22-8-6-5-7-9-22)17-23(21)26(33)24-12-13-25(31)39-24/h5-9,12-15,21,23H,10-11,16-17H2,1-4H3,(H,34,35)/t21-,23-/m1/s1. The zero-order chi connectivity index (χ0) is 28.3. The van der Waals surface area contributed by atoms with Crippen molar-refractivity contribution < 1.29 is 29.0 Å². The molecule has 206 valence electrons. The second-order valence-electron chi connectivity index (χ2n) is 10.4. The van der Waals surface area contributed by atoms with Crippen LogP contribution in [-0.2, 0) is 11.2 Å². The van der Waals surface area contributed by atoms with E-state index in [0.29, 0.717) is 40.1 Å². The Morgan fingerprint density at radius 3 is 2.31 bits per heavy atom. The van der Waals surface area contributed by atoms with Crippen molar-refractivity contribution in [1.29, 1.82) is 0 Å². The molecule has 0 unspecified atom stereocenters. The zero-order valence-electron chi connectivity index (χ0n) is 22.4. The molecule has 4 rings (SSSR count). The van der Waals surface area contributed by atoms with Crippen molar-refractivity contribution >= 4 is 40.8 Å². The number of carboxylic acid groups (broad SMARTS) is 1. The summed E-state index contributed by atoms with van der Waals surface area (Å²) in [5.74, 6) is -0.473. The maximum Gasteiger partial charge on any atom is 0.415 e. The molecule has 1 fully saturated rings. The Hall–Kier alpha value is -3.36. The highest BCUT2D eigenvalue weighted by Gasteiger charge is 2.40. The number of benzene rings is 2. The molecule has 7 nitrogen and oxygen atoms in total. The van der Waals surface area contributed by atoms with Crippen LogP contribution in [0.25, 0.3) is 0 Å². The fourth-order valence-corrected chi connectivity index (χ4v) is 5.94. The summed E-state index contributed by atoms with van der Waals surface area (Å²) in [5.41, 5.74) is 1.40. The predicted molar refractivity (Wildman–Crippen MR) is 151 cm³/mol. The van der Waals surface area contributed by atoms with E-state index in [0.717, 1.165) is 16.7 Å². The quantitative estimate of drug-likeness (QED) is 0.284. The fraction of sp³-hybridized carbons (Fsp3) is 0.367. The van der Waals surface area contributed by atoms with Gasteiger partial charge in [-0.3, -0.25) is 4.79 Å². The summed E-state index contributed by atoms with van der Waals surface area (Å²) in [7, 11) is 0. The second kappa shape index (κ2) is 11.8. The monoisotopic (exact) mass is 569 g/mol. The average molecular weight is 570 g/mol. The molecular weight excluding hydrogens is 538 g/mol. The molecule has 2 atom stereocenters. The van der Waals surface area contributed by atoms with Gasteiger partial charge in [0, 0.05) is 19.0 Å². The Bertz CT molecular complexity index is 1350. The number of Topliss-reactive ketones (excluding diaryl/α,β-unsaturated/α-hetero) is 1. The van der Waals surface area contributed by atoms with E-state index in [1.165, 1.54) is 25.2 Å². The molecule has 0 radical (unpaired) electrons. The minimum atomic E-state index is -1.35. The fourth-order valence-electron chi connectivity index (χ4n) is 4.89. The van der Waals surface area contributed by atoms with Crippen LogP contribution in [-0.4, -0.2) is 46.5 Å². The Balaban J connectivity index is 1.50. The van der Waals surface area contributed by atoms with Crippen molar-refractivity contribution in [2.75, 3.05) is 13.1 Å². The molecule has 9 heteroatoms. The molecule has 1 amide bonds. The molecule has 1 aromatic heterocycles. The first-order valence-electron chi connectivity index (χ1n) is 12.8. The third-order valence-electron chi connectivity index (χ3n) is 7.00. The van der Waals surface area contributed by atoms with E-state index in [1.807, 2.05) is 32.0 Å². The lowest BCUT2D eigenvalue weighted by molar-refractivity contribution is -0.152. The number of halogens is 1. The van der Waals surface area contributed by atoms with E-state index < -0.39 is 17.7 Å². The Morgan fingerprint density at radius 1 is 1.05 bits per heavy atom. The van der Waals surface area contributed by atoms with Gasteiger partial charge in [-0.15, -0.1) is 11.3 Å². The van der Waals surface area contributed by atoms with Crippen molar-refractivity contribution in [1.82, 2.24) is 4.90 Å². The molecule has 1 N–H and O–H groups in total. The van der Waals surface area contributed by atoms with Crippen LogP contribution in [0.15, 0.2) is 54.6 Å². The van der Waals surface area contributed by atoms with Crippen LogP contribution in [0, 0.1) is 25.7 Å². The molecule has 3 aromatic rings. The van der Waals surface area contributed by atoms with Crippen LogP contribution in [0.3, 0.4) is 0 Å². The van der Waals surface area contributed by atoms with Gasteiger partial charge in [-0.05, 0) is 87.4 Å². The van der Waals surface area contributed by atoms with Gasteiger partial charge in [-0.25, -0.2) is 9.59 Å². The van der Waals surface area contributed by atoms with Gasteiger partial charge in [0.2, 0.25) is 0 Å². The summed E-state index contributed by atoms with van der Waals surface area (Å²) in [4.78, 5) is 40.1. The summed E-state index contributed by atoms with van der Waals surface area (Å²) in [6, 6.07) is 16.3. The van der Waals surface area contributed by atoms with Gasteiger partial charge in [0.05, 0.1) is 9.21 Å². The number of rotatable bonds is 9. The summed E-state index contributed by atoms with van der Waals surface area (Å²) < 4.78 is 11.9. The summed E-state index contributed by atoms with van der Waals surface area (Å²) in [6.45, 7) is 7.53. The van der Waals surface area contributed by atoms with Gasteiger partial charge in [-0.1, -0.05) is 41.9 Å². The predicted octanol–water partition coefficient (Wildman–Crippen LogP) is 6.82. The number of hydrogen-bond donors (Lipinski definition) is 1. The van der Waals surface area contributed by atoms with Crippen molar-refractivity contribution in [3.63, 3.8) is 0 Å². The topological polar surface area (TPSA) is 93.1 Å². The number of nitrogens with zero attached hydrogens (tertiary/aromatic N) is 1. The second-order valence-corrected chi connectivity index (χ2v) is 12.2. The van der Waals surface area contributed by atoms with Crippen LogP contribution in [0.2, 0.25) is 4.34 Å². The number of amides is 1. The third-order valence-corrected chi connectivity index (χ3v) is 8.24. The number of carboxylic acids is 1. The zero-order valence-corrected chi connectivity index (χ0v) is 24.0. The van der Waals surface area contributed by atoms with Crippen LogP contribution < -0.4 is 9.47 Å². The number of thiophene rings is 1. The number of carbonyl (C=O) groups is 3. The molecule has 2 aromatic carbocycles. The summed E-state index contributed by atoms with van der Waals surface area (Å²) in [6.07, 6.45) is 0.899. The maximum atomic E-state index is 13.5. The first kappa shape index (κ1) is 28.6. The highest BCUT2D eigenvalue weighted by Crippen LogP contribution is 2.35. The van der Waals surface area contributed by atoms with Gasteiger partial charge in [-0.2, -0.15) is 0 Å². The van der Waals surface area contributed by atoms with Crippen LogP contribution in [0.4, 0.5) is 4.79 Å². The summed E-state index contributed by atoms with van der Waals surface area (Å²) in [5, 5.41) is 9.44. The molecule has 0 aliphatic carbocycles. The SMILES string of the molecule is Cc1cc(CC[C@@H]2CN(C(=O)Oc3ccccc3)C[C@H]2C(=O)c2ccc(Cl)s2)cc(C)c1OC(C)(C)C(=O)O. The van der Waals surface area contributed by atoms with Crippen molar-refractivity contribution in [2.24, 2.45) is 11.8 Å². The van der Waals surface area contributed by atoms with Crippen molar-refractivity contribution in [2.45, 2.75) is 46.1 Å². The van der Waals surface area contributed by atoms with Crippen molar-refractivity contribution in [3.8, 4) is 11.5 Å². The van der Waals surface area contributed by atoms with Gasteiger partial charge >= 0.3 is 12.1 Å². The van der Waals surface area contributed by atoms with E-state index in [4.69, 9.17) is 21.1 Å². The number of carbonyl (C=O) groups excluding carboxylic acids is 2. The van der Waals surface area contributed by atoms with E-state index >= 15 is 0 Å². The number of hydrogen-bond acceptors (Lipinski definition) is 6. The van der Waals surface area contributed by atoms with E-state index in [-0.39, 0.29) is 24.2 Å². The largest absolute Gasteiger partial charge is 0.478 e. The van der Waals surface area contributed by atoms with Gasteiger partial charge < -0.3 is 19.5 Å². The number of likely N-dealkylation sites (tertiary alicyclic amines) is 1. The molecule has 2 heterocycles. The number of aliphatic carboxylic acids is 1. The molecule has 0 bridgehead atoms. The van der Waals surface area contributed by atoms with E-state index in [1.54, 1.807) is 41.3 Å². The molecule has 39 heavy (non-hydrogen) atoms. The first-order valence-corrected chi connectivity index (χ1v) is 14.0. The molecule has 0 saturated carbocycles. The Morgan fingerprint density at radius 2 is 1.72 bits per heavy atom. The number of ketones is 1. The Labute approximate surface area is 237 Å². The van der Waals surface area contributed by atoms with Crippen LogP contribution in [0.1, 0.15) is 46.6 Å². The lowest BCUT2D eigenvalue weighted by atomic mass is 9.86. The number of ether oxygens (including phenoxy) is 2. The molecule has 1 saturated heterocycles. The minimum Gasteiger partial charge on any atom is -0.478 e. The highest BCUT2D eigenvalue weighted by molar-refractivity contribution is 7.18. The number of aryl methyl sites for hydroxylation is 3. The van der Waals surface area contributed by atoms with E-state index in [9.17, 15) is 19.5 Å². The lowest BCUT2D eigenvalue weighted by Gasteiger charge is -2.25. The summed E-state index contributed by atoms with van der Waals surface area (Å²) >= 11 is 7.35. The molecular formula is C30H32ClNO6S. The smallest absolute Gasteiger partial charge is 0.415 e. The third kappa shape index (κ3) is 6.81. The lowest BCUT2D eigenvalue weighted by Crippen LogP contribution is -2.38. The van der Waals surface area contributed by atoms with Gasteiger partial charge in [0.1, 0.15) is 11.5 Å². The van der Waals surface area contributed by atoms with Gasteiger partial charge in [0.15, 0.2) is 11.4 Å². The molecule has 1 aliphatic rings. The Kier molecular flexibility index (Phi) is 8.67. The maximum absolute atomic E-state index is 13.5. The normalized spacial score (nSPS) is 17.2. The minimum absolute atomic E-state index is 0.0149. The van der Waals surface area contributed by atoms with Crippen LogP contribution >= 0.6 is 22.9 Å². The van der Waals surface area contributed by atoms with Crippen molar-refractivity contribution in [3.05, 3.63) is 80.5 Å². The van der Waals surface area contributed by atoms with E-state index in [2.05, 4.69) is 0 Å². The van der Waals surface area contributed by atoms with Gasteiger partial charge in [0.25, 0.3) is 0 Å². The average Bonchev–Trinajstić information content (AvgIpc) is 3.52.